The van der Waals surface area contributed by atoms with E-state index in [9.17, 15) is 4.39 Å². The van der Waals surface area contributed by atoms with E-state index in [1.165, 1.54) is 12.1 Å². The first kappa shape index (κ1) is 9.06. The van der Waals surface area contributed by atoms with Gasteiger partial charge in [0.2, 0.25) is 0 Å². The molecule has 0 radical (unpaired) electrons. The highest BCUT2D eigenvalue weighted by atomic mass is 19.1. The van der Waals surface area contributed by atoms with Gasteiger partial charge >= 0.3 is 0 Å². The lowest BCUT2D eigenvalue weighted by Crippen LogP contribution is -1.92. The predicted octanol–water partition coefficient (Wildman–Crippen LogP) is 2.72. The molecule has 0 N–H and O–H groups in total. The van der Waals surface area contributed by atoms with Crippen LogP contribution in [0.1, 0.15) is 19.0 Å². The van der Waals surface area contributed by atoms with Crippen molar-refractivity contribution in [2.75, 3.05) is 0 Å². The van der Waals surface area contributed by atoms with E-state index in [-0.39, 0.29) is 5.82 Å². The van der Waals surface area contributed by atoms with Gasteiger partial charge in [0.05, 0.1) is 16.7 Å². The first-order valence-corrected chi connectivity index (χ1v) is 4.71. The number of halogens is 1. The number of aromatic nitrogens is 2. The molecule has 72 valence electrons. The first-order chi connectivity index (χ1) is 6.79. The van der Waals surface area contributed by atoms with E-state index in [0.717, 1.165) is 24.1 Å². The third kappa shape index (κ3) is 1.71. The summed E-state index contributed by atoms with van der Waals surface area (Å²) in [7, 11) is 0. The zero-order chi connectivity index (χ0) is 9.97. The van der Waals surface area contributed by atoms with Gasteiger partial charge in [-0.1, -0.05) is 13.3 Å². The van der Waals surface area contributed by atoms with E-state index < -0.39 is 0 Å². The molecule has 0 aliphatic carbocycles. The zero-order valence-electron chi connectivity index (χ0n) is 8.00. The maximum absolute atomic E-state index is 12.8. The van der Waals surface area contributed by atoms with Crippen LogP contribution < -0.4 is 0 Å². The van der Waals surface area contributed by atoms with Crippen molar-refractivity contribution in [1.29, 1.82) is 0 Å². The summed E-state index contributed by atoms with van der Waals surface area (Å²) >= 11 is 0. The molecule has 0 aliphatic heterocycles. The summed E-state index contributed by atoms with van der Waals surface area (Å²) in [6.07, 6.45) is 3.67. The van der Waals surface area contributed by atoms with Crippen molar-refractivity contribution < 1.29 is 4.39 Å². The SMILES string of the molecule is CCCc1cnc2cc(F)ccc2n1. The fourth-order valence-electron chi connectivity index (χ4n) is 1.40. The number of hydrogen-bond acceptors (Lipinski definition) is 2. The fraction of sp³-hybridized carbons (Fsp3) is 0.273. The van der Waals surface area contributed by atoms with Crippen LogP contribution in [0.15, 0.2) is 24.4 Å². The summed E-state index contributed by atoms with van der Waals surface area (Å²) in [5, 5.41) is 0. The Kier molecular flexibility index (Phi) is 2.39. The lowest BCUT2D eigenvalue weighted by Gasteiger charge is -2.00. The molecule has 0 aliphatic rings. The molecular formula is C11H11FN2. The monoisotopic (exact) mass is 190 g/mol. The highest BCUT2D eigenvalue weighted by Gasteiger charge is 2.00. The molecule has 3 heteroatoms. The molecule has 0 unspecified atom stereocenters. The van der Waals surface area contributed by atoms with Gasteiger partial charge in [0.15, 0.2) is 0 Å². The van der Waals surface area contributed by atoms with Crippen LogP contribution in [0.25, 0.3) is 11.0 Å². The Labute approximate surface area is 81.8 Å². The maximum Gasteiger partial charge on any atom is 0.125 e. The van der Waals surface area contributed by atoms with Gasteiger partial charge in [0, 0.05) is 12.3 Å². The van der Waals surface area contributed by atoms with Crippen molar-refractivity contribution in [3.63, 3.8) is 0 Å². The van der Waals surface area contributed by atoms with Gasteiger partial charge in [-0.15, -0.1) is 0 Å². The Hall–Kier alpha value is -1.51. The number of aryl methyl sites for hydroxylation is 1. The second-order valence-corrected chi connectivity index (χ2v) is 3.24. The first-order valence-electron chi connectivity index (χ1n) is 4.71. The molecule has 0 atom stereocenters. The lowest BCUT2D eigenvalue weighted by atomic mass is 10.2. The molecule has 1 aromatic heterocycles. The van der Waals surface area contributed by atoms with Crippen molar-refractivity contribution in [3.8, 4) is 0 Å². The molecule has 0 saturated carbocycles. The van der Waals surface area contributed by atoms with Crippen LogP contribution in [0.3, 0.4) is 0 Å². The molecule has 1 heterocycles. The molecule has 0 amide bonds. The molecule has 0 saturated heterocycles. The Morgan fingerprint density at radius 2 is 2.14 bits per heavy atom. The van der Waals surface area contributed by atoms with Crippen LogP contribution in [0.5, 0.6) is 0 Å². The minimum Gasteiger partial charge on any atom is -0.253 e. The van der Waals surface area contributed by atoms with Crippen LogP contribution in [-0.2, 0) is 6.42 Å². The molecule has 1 aromatic carbocycles. The third-order valence-corrected chi connectivity index (χ3v) is 2.06. The van der Waals surface area contributed by atoms with Crippen LogP contribution in [0.4, 0.5) is 4.39 Å². The Bertz CT molecular complexity index is 454. The molecule has 2 nitrogen and oxygen atoms in total. The minimum atomic E-state index is -0.268. The molecule has 2 aromatic rings. The van der Waals surface area contributed by atoms with Crippen molar-refractivity contribution in [3.05, 3.63) is 35.9 Å². The predicted molar refractivity (Wildman–Crippen MR) is 53.5 cm³/mol. The Morgan fingerprint density at radius 1 is 1.29 bits per heavy atom. The Morgan fingerprint density at radius 3 is 2.93 bits per heavy atom. The summed E-state index contributed by atoms with van der Waals surface area (Å²) in [5.41, 5.74) is 2.34. The highest BCUT2D eigenvalue weighted by molar-refractivity contribution is 5.73. The molecule has 2 rings (SSSR count). The van der Waals surface area contributed by atoms with Crippen LogP contribution in [0, 0.1) is 5.82 Å². The number of benzene rings is 1. The standard InChI is InChI=1S/C11H11FN2/c1-2-3-9-7-13-11-6-8(12)4-5-10(11)14-9/h4-7H,2-3H2,1H3. The quantitative estimate of drug-likeness (QED) is 0.727. The summed E-state index contributed by atoms with van der Waals surface area (Å²) in [4.78, 5) is 8.54. The van der Waals surface area contributed by atoms with E-state index >= 15 is 0 Å². The van der Waals surface area contributed by atoms with Crippen LogP contribution in [0.2, 0.25) is 0 Å². The van der Waals surface area contributed by atoms with Gasteiger partial charge in [-0.2, -0.15) is 0 Å². The smallest absolute Gasteiger partial charge is 0.125 e. The van der Waals surface area contributed by atoms with Crippen LogP contribution in [-0.4, -0.2) is 9.97 Å². The normalized spacial score (nSPS) is 10.7. The maximum atomic E-state index is 12.8. The van der Waals surface area contributed by atoms with Crippen molar-refractivity contribution >= 4 is 11.0 Å². The van der Waals surface area contributed by atoms with E-state index in [2.05, 4.69) is 16.9 Å². The zero-order valence-corrected chi connectivity index (χ0v) is 8.00. The molecule has 0 bridgehead atoms. The van der Waals surface area contributed by atoms with Gasteiger partial charge in [-0.25, -0.2) is 9.37 Å². The van der Waals surface area contributed by atoms with Crippen molar-refractivity contribution in [2.24, 2.45) is 0 Å². The number of hydrogen-bond donors (Lipinski definition) is 0. The topological polar surface area (TPSA) is 25.8 Å². The second-order valence-electron chi connectivity index (χ2n) is 3.24. The van der Waals surface area contributed by atoms with Crippen molar-refractivity contribution in [2.45, 2.75) is 19.8 Å². The summed E-state index contributed by atoms with van der Waals surface area (Å²) < 4.78 is 12.8. The van der Waals surface area contributed by atoms with E-state index in [0.29, 0.717) is 5.52 Å². The van der Waals surface area contributed by atoms with E-state index in [4.69, 9.17) is 0 Å². The average molecular weight is 190 g/mol. The van der Waals surface area contributed by atoms with Crippen molar-refractivity contribution in [1.82, 2.24) is 9.97 Å². The summed E-state index contributed by atoms with van der Waals surface area (Å²) in [5.74, 6) is -0.268. The summed E-state index contributed by atoms with van der Waals surface area (Å²) in [6.45, 7) is 2.09. The number of fused-ring (bicyclic) bond motifs is 1. The van der Waals surface area contributed by atoms with Gasteiger partial charge < -0.3 is 0 Å². The largest absolute Gasteiger partial charge is 0.253 e. The van der Waals surface area contributed by atoms with Gasteiger partial charge in [0.25, 0.3) is 0 Å². The van der Waals surface area contributed by atoms with Gasteiger partial charge in [-0.05, 0) is 18.6 Å². The highest BCUT2D eigenvalue weighted by Crippen LogP contribution is 2.11. The molecule has 0 fully saturated rings. The third-order valence-electron chi connectivity index (χ3n) is 2.06. The number of rotatable bonds is 2. The second kappa shape index (κ2) is 3.70. The van der Waals surface area contributed by atoms with Gasteiger partial charge in [0.1, 0.15) is 5.82 Å². The van der Waals surface area contributed by atoms with Crippen LogP contribution >= 0.6 is 0 Å². The molecular weight excluding hydrogens is 179 g/mol. The average Bonchev–Trinajstić information content (AvgIpc) is 2.19. The minimum absolute atomic E-state index is 0.268. The molecule has 0 spiro atoms. The van der Waals surface area contributed by atoms with Gasteiger partial charge in [-0.3, -0.25) is 4.98 Å². The van der Waals surface area contributed by atoms with E-state index in [1.54, 1.807) is 12.3 Å². The number of nitrogens with zero attached hydrogens (tertiary/aromatic N) is 2. The Balaban J connectivity index is 2.50. The fourth-order valence-corrected chi connectivity index (χ4v) is 1.40. The molecule has 14 heavy (non-hydrogen) atoms. The lowest BCUT2D eigenvalue weighted by molar-refractivity contribution is 0.629. The van der Waals surface area contributed by atoms with E-state index in [1.807, 2.05) is 0 Å². The summed E-state index contributed by atoms with van der Waals surface area (Å²) in [6, 6.07) is 4.47.